The molecule has 2 amide bonds. The monoisotopic (exact) mass is 565 g/mol. The lowest BCUT2D eigenvalue weighted by atomic mass is 10.2. The van der Waals surface area contributed by atoms with Crippen molar-refractivity contribution in [2.24, 2.45) is 0 Å². The number of nitrogens with one attached hydrogen (secondary N) is 3. The van der Waals surface area contributed by atoms with E-state index >= 15 is 0 Å². The molecule has 0 aliphatic rings. The topological polar surface area (TPSA) is 149 Å². The average molecular weight is 566 g/mol. The first-order chi connectivity index (χ1) is 18.8. The SMILES string of the molecule is COc1cc(NS(=O)(=O)c2ccc(NC(=O)/C(=C\c3cccs3)NC(=O)c3ccccc3)cc2)nc(OC)n1. The number of amides is 2. The lowest BCUT2D eigenvalue weighted by molar-refractivity contribution is -0.113. The summed E-state index contributed by atoms with van der Waals surface area (Å²) in [4.78, 5) is 34.4. The van der Waals surface area contributed by atoms with E-state index in [4.69, 9.17) is 9.47 Å². The van der Waals surface area contributed by atoms with Gasteiger partial charge in [0.25, 0.3) is 21.8 Å². The number of aromatic nitrogens is 2. The number of rotatable bonds is 10. The Morgan fingerprint density at radius 1 is 0.923 bits per heavy atom. The molecule has 2 aromatic heterocycles. The van der Waals surface area contributed by atoms with Crippen molar-refractivity contribution in [2.75, 3.05) is 24.3 Å². The minimum Gasteiger partial charge on any atom is -0.481 e. The third-order valence-corrected chi connectivity index (χ3v) is 7.28. The fourth-order valence-electron chi connectivity index (χ4n) is 3.22. The van der Waals surface area contributed by atoms with Crippen molar-refractivity contribution in [1.29, 1.82) is 0 Å². The number of hydrogen-bond acceptors (Lipinski definition) is 9. The van der Waals surface area contributed by atoms with E-state index in [1.54, 1.807) is 36.4 Å². The standard InChI is InChI=1S/C26H23N5O6S2/c1-36-23-16-22(29-26(30-23)37-2)31-39(34,35)20-12-10-18(11-13-20)27-25(33)21(15-19-9-6-14-38-19)28-24(32)17-7-4-3-5-8-17/h3-16H,1-2H3,(H,27,33)(H,28,32)(H,29,30,31)/b21-15+. The third kappa shape index (κ3) is 7.18. The van der Waals surface area contributed by atoms with Gasteiger partial charge in [-0.1, -0.05) is 24.3 Å². The quantitative estimate of drug-likeness (QED) is 0.246. The second kappa shape index (κ2) is 12.2. The summed E-state index contributed by atoms with van der Waals surface area (Å²) < 4.78 is 38.1. The van der Waals surface area contributed by atoms with Crippen molar-refractivity contribution in [1.82, 2.24) is 15.3 Å². The van der Waals surface area contributed by atoms with Crippen molar-refractivity contribution in [3.05, 3.63) is 94.3 Å². The Morgan fingerprint density at radius 3 is 2.31 bits per heavy atom. The van der Waals surface area contributed by atoms with Crippen LogP contribution in [0.4, 0.5) is 11.5 Å². The highest BCUT2D eigenvalue weighted by atomic mass is 32.2. The van der Waals surface area contributed by atoms with E-state index in [1.165, 1.54) is 55.9 Å². The van der Waals surface area contributed by atoms with E-state index in [-0.39, 0.29) is 28.3 Å². The first-order valence-corrected chi connectivity index (χ1v) is 13.7. The van der Waals surface area contributed by atoms with Crippen LogP contribution in [0, 0.1) is 0 Å². The van der Waals surface area contributed by atoms with Gasteiger partial charge in [0.05, 0.1) is 19.1 Å². The lowest BCUT2D eigenvalue weighted by Crippen LogP contribution is -2.30. The van der Waals surface area contributed by atoms with Crippen LogP contribution in [0.2, 0.25) is 0 Å². The van der Waals surface area contributed by atoms with Crippen LogP contribution in [0.3, 0.4) is 0 Å². The normalized spacial score (nSPS) is 11.4. The van der Waals surface area contributed by atoms with Crippen LogP contribution in [0.5, 0.6) is 11.9 Å². The van der Waals surface area contributed by atoms with Gasteiger partial charge in [-0.25, -0.2) is 8.42 Å². The molecule has 0 aliphatic carbocycles. The number of methoxy groups -OCH3 is 2. The minimum absolute atomic E-state index is 0.0244. The number of anilines is 2. The first-order valence-electron chi connectivity index (χ1n) is 11.3. The van der Waals surface area contributed by atoms with Gasteiger partial charge in [-0.3, -0.25) is 14.3 Å². The fraction of sp³-hybridized carbons (Fsp3) is 0.0769. The van der Waals surface area contributed by atoms with Gasteiger partial charge < -0.3 is 20.1 Å². The number of thiophene rings is 1. The third-order valence-electron chi connectivity index (χ3n) is 5.09. The van der Waals surface area contributed by atoms with Gasteiger partial charge in [-0.2, -0.15) is 9.97 Å². The molecule has 2 heterocycles. The van der Waals surface area contributed by atoms with Gasteiger partial charge >= 0.3 is 6.01 Å². The van der Waals surface area contributed by atoms with E-state index in [1.807, 2.05) is 17.5 Å². The molecule has 3 N–H and O–H groups in total. The van der Waals surface area contributed by atoms with Crippen LogP contribution >= 0.6 is 11.3 Å². The Bertz CT molecular complexity index is 1570. The summed E-state index contributed by atoms with van der Waals surface area (Å²) >= 11 is 1.40. The number of nitrogens with zero attached hydrogens (tertiary/aromatic N) is 2. The summed E-state index contributed by atoms with van der Waals surface area (Å²) in [6.45, 7) is 0. The molecule has 0 fully saturated rings. The van der Waals surface area contributed by atoms with Gasteiger partial charge in [-0.05, 0) is 53.9 Å². The van der Waals surface area contributed by atoms with Crippen molar-refractivity contribution in [3.63, 3.8) is 0 Å². The highest BCUT2D eigenvalue weighted by Gasteiger charge is 2.19. The second-order valence-corrected chi connectivity index (χ2v) is 10.4. The predicted octanol–water partition coefficient (Wildman–Crippen LogP) is 3.77. The molecule has 0 atom stereocenters. The van der Waals surface area contributed by atoms with E-state index in [2.05, 4.69) is 25.3 Å². The Balaban J connectivity index is 1.50. The molecule has 2 aromatic carbocycles. The average Bonchev–Trinajstić information content (AvgIpc) is 3.46. The Hall–Kier alpha value is -4.75. The summed E-state index contributed by atoms with van der Waals surface area (Å²) in [5, 5.41) is 7.18. The minimum atomic E-state index is -4.04. The fourth-order valence-corrected chi connectivity index (χ4v) is 4.87. The summed E-state index contributed by atoms with van der Waals surface area (Å²) in [5.74, 6) is -0.961. The van der Waals surface area contributed by atoms with E-state index < -0.39 is 21.8 Å². The van der Waals surface area contributed by atoms with Gasteiger partial charge in [-0.15, -0.1) is 11.3 Å². The van der Waals surface area contributed by atoms with Gasteiger partial charge in [0.15, 0.2) is 5.82 Å². The zero-order chi connectivity index (χ0) is 27.8. The Kier molecular flexibility index (Phi) is 8.53. The molecule has 0 unspecified atom stereocenters. The molecule has 13 heteroatoms. The molecular formula is C26H23N5O6S2. The van der Waals surface area contributed by atoms with E-state index in [0.717, 1.165) is 4.88 Å². The molecule has 0 bridgehead atoms. The highest BCUT2D eigenvalue weighted by Crippen LogP contribution is 2.22. The zero-order valence-electron chi connectivity index (χ0n) is 20.7. The second-order valence-electron chi connectivity index (χ2n) is 7.76. The van der Waals surface area contributed by atoms with E-state index in [0.29, 0.717) is 11.3 Å². The highest BCUT2D eigenvalue weighted by molar-refractivity contribution is 7.92. The molecule has 0 saturated carbocycles. The van der Waals surface area contributed by atoms with Crippen molar-refractivity contribution >= 4 is 50.8 Å². The number of hydrogen-bond donors (Lipinski definition) is 3. The lowest BCUT2D eigenvalue weighted by Gasteiger charge is -2.12. The molecule has 11 nitrogen and oxygen atoms in total. The van der Waals surface area contributed by atoms with Gasteiger partial charge in [0.1, 0.15) is 5.70 Å². The smallest absolute Gasteiger partial charge is 0.321 e. The number of sulfonamides is 1. The van der Waals surface area contributed by atoms with Crippen molar-refractivity contribution in [3.8, 4) is 11.9 Å². The molecule has 0 spiro atoms. The first kappa shape index (κ1) is 27.3. The number of carbonyl (C=O) groups is 2. The van der Waals surface area contributed by atoms with Gasteiger partial charge in [0.2, 0.25) is 5.88 Å². The molecular weight excluding hydrogens is 542 g/mol. The maximum absolute atomic E-state index is 13.1. The zero-order valence-corrected chi connectivity index (χ0v) is 22.4. The summed E-state index contributed by atoms with van der Waals surface area (Å²) in [7, 11) is -1.32. The maximum atomic E-state index is 13.1. The number of benzene rings is 2. The van der Waals surface area contributed by atoms with Crippen LogP contribution < -0.4 is 24.8 Å². The molecule has 0 saturated heterocycles. The molecule has 0 radical (unpaired) electrons. The number of carbonyl (C=O) groups excluding carboxylic acids is 2. The predicted molar refractivity (Wildman–Crippen MR) is 147 cm³/mol. The van der Waals surface area contributed by atoms with Gasteiger partial charge in [0, 0.05) is 22.2 Å². The molecule has 0 aliphatic heterocycles. The van der Waals surface area contributed by atoms with Crippen molar-refractivity contribution < 1.29 is 27.5 Å². The maximum Gasteiger partial charge on any atom is 0.321 e. The van der Waals surface area contributed by atoms with Crippen molar-refractivity contribution in [2.45, 2.75) is 4.90 Å². The molecule has 4 aromatic rings. The van der Waals surface area contributed by atoms with E-state index in [9.17, 15) is 18.0 Å². The van der Waals surface area contributed by atoms with Crippen LogP contribution in [0.1, 0.15) is 15.2 Å². The summed E-state index contributed by atoms with van der Waals surface area (Å²) in [5.41, 5.74) is 0.732. The Morgan fingerprint density at radius 2 is 1.67 bits per heavy atom. The molecule has 4 rings (SSSR count). The summed E-state index contributed by atoms with van der Waals surface area (Å²) in [6, 6.07) is 18.9. The van der Waals surface area contributed by atoms with Crippen LogP contribution in [-0.4, -0.2) is 44.4 Å². The number of ether oxygens (including phenoxy) is 2. The van der Waals surface area contributed by atoms with Crippen LogP contribution in [-0.2, 0) is 14.8 Å². The molecule has 200 valence electrons. The van der Waals surface area contributed by atoms with Crippen LogP contribution in [0.25, 0.3) is 6.08 Å². The largest absolute Gasteiger partial charge is 0.481 e. The Labute approximate surface area is 228 Å². The summed E-state index contributed by atoms with van der Waals surface area (Å²) in [6.07, 6.45) is 1.56. The molecule has 39 heavy (non-hydrogen) atoms. The van der Waals surface area contributed by atoms with Crippen LogP contribution in [0.15, 0.2) is 88.8 Å².